The van der Waals surface area contributed by atoms with Gasteiger partial charge in [-0.2, -0.15) is 0 Å². The molecule has 0 saturated carbocycles. The van der Waals surface area contributed by atoms with Gasteiger partial charge in [-0.25, -0.2) is 19.9 Å². The molecule has 0 unspecified atom stereocenters. The van der Waals surface area contributed by atoms with Crippen molar-refractivity contribution in [2.24, 2.45) is 0 Å². The third kappa shape index (κ3) is 3.64. The van der Waals surface area contributed by atoms with E-state index in [-0.39, 0.29) is 5.60 Å². The van der Waals surface area contributed by atoms with Crippen molar-refractivity contribution in [2.45, 2.75) is 43.8 Å². The van der Waals surface area contributed by atoms with Crippen LogP contribution in [-0.2, 0) is 24.2 Å². The molecule has 9 heteroatoms. The normalized spacial score (nSPS) is 15.4. The maximum atomic E-state index is 6.11. The summed E-state index contributed by atoms with van der Waals surface area (Å²) in [4.78, 5) is 24.0. The molecule has 4 aromatic heterocycles. The molecule has 0 spiro atoms. The van der Waals surface area contributed by atoms with E-state index in [2.05, 4.69) is 63.6 Å². The third-order valence-corrected chi connectivity index (χ3v) is 8.07. The quantitative estimate of drug-likeness (QED) is 0.331. The van der Waals surface area contributed by atoms with E-state index in [1.807, 2.05) is 0 Å². The molecule has 1 aromatic carbocycles. The minimum Gasteiger partial charge on any atom is -0.370 e. The van der Waals surface area contributed by atoms with Gasteiger partial charge in [0.05, 0.1) is 50.9 Å². The lowest BCUT2D eigenvalue weighted by Gasteiger charge is -2.32. The van der Waals surface area contributed by atoms with Crippen LogP contribution in [0.25, 0.3) is 31.5 Å². The van der Waals surface area contributed by atoms with Crippen LogP contribution in [0.1, 0.15) is 30.7 Å². The Morgan fingerprint density at radius 1 is 1.24 bits per heavy atom. The first-order valence-corrected chi connectivity index (χ1v) is 13.0. The molecule has 7 nitrogen and oxygen atoms in total. The highest BCUT2D eigenvalue weighted by Crippen LogP contribution is 2.43. The average molecular weight is 477 g/mol. The lowest BCUT2D eigenvalue weighted by Crippen LogP contribution is -2.32. The van der Waals surface area contributed by atoms with Gasteiger partial charge in [0.25, 0.3) is 0 Å². The first-order valence-electron chi connectivity index (χ1n) is 11.0. The summed E-state index contributed by atoms with van der Waals surface area (Å²) in [6.45, 7) is 5.63. The first kappa shape index (κ1) is 20.8. The standard InChI is InChI=1S/C24H24N6OS2/c1-24(2)9-17-14(10-31-24)20(32-3)18-19-21(33-23(18)30-17)22(29-12-28-19)25-7-6-13-4-5-15-16(8-13)27-11-26-15/h4-5,8,11-12H,6-7,9-10H2,1-3H3,(H,26,27)(H,25,28,29). The van der Waals surface area contributed by atoms with Gasteiger partial charge in [0.1, 0.15) is 17.0 Å². The number of hydrogen-bond acceptors (Lipinski definition) is 8. The second kappa shape index (κ2) is 7.93. The van der Waals surface area contributed by atoms with E-state index in [1.165, 1.54) is 16.0 Å². The van der Waals surface area contributed by atoms with E-state index in [0.717, 1.165) is 62.4 Å². The molecule has 5 heterocycles. The molecule has 168 valence electrons. The maximum Gasteiger partial charge on any atom is 0.147 e. The molecule has 0 radical (unpaired) electrons. The Kier molecular flexibility index (Phi) is 5.01. The average Bonchev–Trinajstić information content (AvgIpc) is 3.41. The summed E-state index contributed by atoms with van der Waals surface area (Å²) in [5.41, 5.74) is 6.43. The van der Waals surface area contributed by atoms with Crippen molar-refractivity contribution in [1.82, 2.24) is 24.9 Å². The number of benzene rings is 1. The highest BCUT2D eigenvalue weighted by molar-refractivity contribution is 7.99. The van der Waals surface area contributed by atoms with Crippen LogP contribution in [0.5, 0.6) is 0 Å². The second-order valence-corrected chi connectivity index (χ2v) is 10.7. The lowest BCUT2D eigenvalue weighted by atomic mass is 9.95. The molecule has 6 rings (SSSR count). The number of aromatic nitrogens is 5. The lowest BCUT2D eigenvalue weighted by molar-refractivity contribution is -0.0422. The number of thioether (sulfide) groups is 1. The van der Waals surface area contributed by atoms with Crippen molar-refractivity contribution in [1.29, 1.82) is 0 Å². The predicted molar refractivity (Wildman–Crippen MR) is 135 cm³/mol. The van der Waals surface area contributed by atoms with Gasteiger partial charge in [-0.3, -0.25) is 0 Å². The topological polar surface area (TPSA) is 88.6 Å². The number of fused-ring (bicyclic) bond motifs is 5. The monoisotopic (exact) mass is 476 g/mol. The van der Waals surface area contributed by atoms with Gasteiger partial charge in [0, 0.05) is 23.4 Å². The highest BCUT2D eigenvalue weighted by atomic mass is 32.2. The van der Waals surface area contributed by atoms with E-state index in [1.54, 1.807) is 35.8 Å². The van der Waals surface area contributed by atoms with Crippen LogP contribution in [0.3, 0.4) is 0 Å². The molecule has 0 saturated heterocycles. The number of imidazole rings is 1. The predicted octanol–water partition coefficient (Wildman–Crippen LogP) is 5.34. The number of nitrogens with zero attached hydrogens (tertiary/aromatic N) is 4. The summed E-state index contributed by atoms with van der Waals surface area (Å²) in [6.07, 6.45) is 7.21. The summed E-state index contributed by atoms with van der Waals surface area (Å²) < 4.78 is 7.17. The Morgan fingerprint density at radius 3 is 3.03 bits per heavy atom. The summed E-state index contributed by atoms with van der Waals surface area (Å²) in [7, 11) is 0. The minimum absolute atomic E-state index is 0.189. The van der Waals surface area contributed by atoms with Gasteiger partial charge < -0.3 is 15.0 Å². The van der Waals surface area contributed by atoms with Crippen molar-refractivity contribution >= 4 is 60.4 Å². The molecule has 1 aliphatic rings. The van der Waals surface area contributed by atoms with E-state index < -0.39 is 0 Å². The molecule has 33 heavy (non-hydrogen) atoms. The zero-order valence-electron chi connectivity index (χ0n) is 18.7. The Balaban J connectivity index is 1.34. The minimum atomic E-state index is -0.189. The van der Waals surface area contributed by atoms with Crippen molar-refractivity contribution in [3.63, 3.8) is 0 Å². The van der Waals surface area contributed by atoms with Crippen LogP contribution in [0, 0.1) is 0 Å². The zero-order valence-corrected chi connectivity index (χ0v) is 20.4. The van der Waals surface area contributed by atoms with E-state index in [0.29, 0.717) is 6.61 Å². The highest BCUT2D eigenvalue weighted by Gasteiger charge is 2.31. The van der Waals surface area contributed by atoms with E-state index >= 15 is 0 Å². The Labute approximate surface area is 199 Å². The van der Waals surface area contributed by atoms with Crippen molar-refractivity contribution < 1.29 is 4.74 Å². The van der Waals surface area contributed by atoms with E-state index in [4.69, 9.17) is 9.72 Å². The number of thiophene rings is 1. The number of nitrogens with one attached hydrogen (secondary N) is 2. The van der Waals surface area contributed by atoms with Gasteiger partial charge in [-0.1, -0.05) is 6.07 Å². The van der Waals surface area contributed by atoms with Crippen LogP contribution in [0.15, 0.2) is 35.7 Å². The summed E-state index contributed by atoms with van der Waals surface area (Å²) in [5.74, 6) is 0.868. The Morgan fingerprint density at radius 2 is 2.15 bits per heavy atom. The first-order chi connectivity index (χ1) is 16.0. The SMILES string of the molecule is CSc1c2c(nc3sc4c(NCCc5ccc6nc[nH]c6c5)ncnc4c13)CC(C)(C)OC2. The van der Waals surface area contributed by atoms with Gasteiger partial charge >= 0.3 is 0 Å². The largest absolute Gasteiger partial charge is 0.370 e. The molecular formula is C24H24N6OS2. The van der Waals surface area contributed by atoms with Crippen LogP contribution in [-0.4, -0.2) is 43.3 Å². The van der Waals surface area contributed by atoms with Crippen molar-refractivity contribution in [2.75, 3.05) is 18.1 Å². The van der Waals surface area contributed by atoms with Crippen molar-refractivity contribution in [3.8, 4) is 0 Å². The smallest absolute Gasteiger partial charge is 0.147 e. The molecule has 0 amide bonds. The molecule has 0 bridgehead atoms. The molecule has 1 aliphatic heterocycles. The number of aromatic amines is 1. The van der Waals surface area contributed by atoms with Crippen LogP contribution in [0.2, 0.25) is 0 Å². The Hall–Kier alpha value is -2.75. The summed E-state index contributed by atoms with van der Waals surface area (Å²) in [6, 6.07) is 6.34. The number of rotatable bonds is 5. The molecule has 0 aliphatic carbocycles. The fraction of sp³-hybridized carbons (Fsp3) is 0.333. The summed E-state index contributed by atoms with van der Waals surface area (Å²) in [5, 5.41) is 4.66. The number of H-pyrrole nitrogens is 1. The third-order valence-electron chi connectivity index (χ3n) is 6.13. The molecule has 0 fully saturated rings. The number of anilines is 1. The zero-order chi connectivity index (χ0) is 22.6. The van der Waals surface area contributed by atoms with Gasteiger partial charge in [0.2, 0.25) is 0 Å². The van der Waals surface area contributed by atoms with Crippen molar-refractivity contribution in [3.05, 3.63) is 47.7 Å². The molecular weight excluding hydrogens is 452 g/mol. The van der Waals surface area contributed by atoms with Gasteiger partial charge in [0.15, 0.2) is 0 Å². The van der Waals surface area contributed by atoms with Crippen LogP contribution >= 0.6 is 23.1 Å². The van der Waals surface area contributed by atoms with E-state index in [9.17, 15) is 0 Å². The molecule has 5 aromatic rings. The molecule has 0 atom stereocenters. The summed E-state index contributed by atoms with van der Waals surface area (Å²) >= 11 is 3.43. The van der Waals surface area contributed by atoms with Gasteiger partial charge in [-0.15, -0.1) is 23.1 Å². The van der Waals surface area contributed by atoms with Gasteiger partial charge in [-0.05, 0) is 44.2 Å². The second-order valence-electron chi connectivity index (χ2n) is 8.91. The number of hydrogen-bond donors (Lipinski definition) is 2. The van der Waals surface area contributed by atoms with Crippen LogP contribution < -0.4 is 5.32 Å². The molecule has 2 N–H and O–H groups in total. The number of pyridine rings is 1. The Bertz CT molecular complexity index is 1510. The van der Waals surface area contributed by atoms with Crippen LogP contribution in [0.4, 0.5) is 5.82 Å². The maximum absolute atomic E-state index is 6.11. The fourth-order valence-electron chi connectivity index (χ4n) is 4.48. The number of ether oxygens (including phenoxy) is 1. The fourth-order valence-corrected chi connectivity index (χ4v) is 6.49.